The average Bonchev–Trinajstić information content (AvgIpc) is 3.31. The summed E-state index contributed by atoms with van der Waals surface area (Å²) in [5.74, 6) is 2.85. The molecule has 1 aromatic rings. The highest BCUT2D eigenvalue weighted by molar-refractivity contribution is 5.76. The van der Waals surface area contributed by atoms with Crippen LogP contribution in [0.5, 0.6) is 0 Å². The minimum atomic E-state index is -0.125. The maximum atomic E-state index is 12.8. The van der Waals surface area contributed by atoms with E-state index in [1.54, 1.807) is 0 Å². The van der Waals surface area contributed by atoms with Gasteiger partial charge in [-0.1, -0.05) is 30.7 Å². The van der Waals surface area contributed by atoms with Crippen LogP contribution in [0.3, 0.4) is 0 Å². The monoisotopic (exact) mass is 325 g/mol. The van der Waals surface area contributed by atoms with Crippen LogP contribution in [0, 0.1) is 17.8 Å². The SMILES string of the molecule is O=C(CC1C[C@@H]2CC[C@H]1C2)N1CCC2(CC1)OCc1ccccc12. The van der Waals surface area contributed by atoms with Gasteiger partial charge in [-0.15, -0.1) is 0 Å². The van der Waals surface area contributed by atoms with E-state index < -0.39 is 0 Å². The number of hydrogen-bond donors (Lipinski definition) is 0. The molecule has 3 heteroatoms. The van der Waals surface area contributed by atoms with Crippen LogP contribution in [-0.2, 0) is 21.7 Å². The maximum Gasteiger partial charge on any atom is 0.222 e. The van der Waals surface area contributed by atoms with Gasteiger partial charge in [-0.25, -0.2) is 0 Å². The van der Waals surface area contributed by atoms with Crippen LogP contribution >= 0.6 is 0 Å². The van der Waals surface area contributed by atoms with Crippen molar-refractivity contribution < 1.29 is 9.53 Å². The van der Waals surface area contributed by atoms with Crippen molar-refractivity contribution in [2.45, 2.75) is 57.2 Å². The number of nitrogens with zero attached hydrogens (tertiary/aromatic N) is 1. The van der Waals surface area contributed by atoms with Gasteiger partial charge in [0.2, 0.25) is 5.91 Å². The van der Waals surface area contributed by atoms with E-state index in [0.717, 1.165) is 50.8 Å². The van der Waals surface area contributed by atoms with E-state index in [9.17, 15) is 4.79 Å². The molecule has 1 spiro atoms. The third kappa shape index (κ3) is 2.32. The van der Waals surface area contributed by atoms with Crippen LogP contribution in [0.25, 0.3) is 0 Å². The van der Waals surface area contributed by atoms with Gasteiger partial charge in [0, 0.05) is 19.5 Å². The van der Waals surface area contributed by atoms with Crippen molar-refractivity contribution in [3.8, 4) is 0 Å². The molecule has 0 aromatic heterocycles. The summed E-state index contributed by atoms with van der Waals surface area (Å²) in [5.41, 5.74) is 2.57. The fourth-order valence-corrected chi connectivity index (χ4v) is 5.90. The third-order valence-corrected chi connectivity index (χ3v) is 7.26. The Bertz CT molecular complexity index is 647. The van der Waals surface area contributed by atoms with Crippen LogP contribution in [0.1, 0.15) is 56.1 Å². The van der Waals surface area contributed by atoms with Crippen molar-refractivity contribution in [1.29, 1.82) is 0 Å². The molecule has 5 rings (SSSR count). The van der Waals surface area contributed by atoms with Gasteiger partial charge in [0.25, 0.3) is 0 Å². The lowest BCUT2D eigenvalue weighted by atomic mass is 9.83. The first-order chi connectivity index (χ1) is 11.7. The lowest BCUT2D eigenvalue weighted by Gasteiger charge is -2.40. The van der Waals surface area contributed by atoms with Crippen molar-refractivity contribution in [2.75, 3.05) is 13.1 Å². The van der Waals surface area contributed by atoms with Gasteiger partial charge in [0.15, 0.2) is 0 Å². The van der Waals surface area contributed by atoms with Crippen LogP contribution in [-0.4, -0.2) is 23.9 Å². The summed E-state index contributed by atoms with van der Waals surface area (Å²) in [6, 6.07) is 8.60. The molecule has 4 aliphatic rings. The summed E-state index contributed by atoms with van der Waals surface area (Å²) in [6.45, 7) is 2.44. The van der Waals surface area contributed by atoms with Crippen molar-refractivity contribution >= 4 is 5.91 Å². The Balaban J connectivity index is 1.22. The van der Waals surface area contributed by atoms with Crippen LogP contribution < -0.4 is 0 Å². The Labute approximate surface area is 144 Å². The molecule has 2 aliphatic carbocycles. The summed E-state index contributed by atoms with van der Waals surface area (Å²) in [5, 5.41) is 0. The van der Waals surface area contributed by atoms with Gasteiger partial charge in [0.1, 0.15) is 0 Å². The number of piperidine rings is 1. The van der Waals surface area contributed by atoms with Gasteiger partial charge in [-0.2, -0.15) is 0 Å². The second kappa shape index (κ2) is 5.59. The first kappa shape index (κ1) is 14.9. The number of ether oxygens (including phenoxy) is 1. The topological polar surface area (TPSA) is 29.5 Å². The van der Waals surface area contributed by atoms with Crippen molar-refractivity contribution in [2.24, 2.45) is 17.8 Å². The molecule has 2 saturated carbocycles. The van der Waals surface area contributed by atoms with Gasteiger partial charge in [-0.05, 0) is 61.0 Å². The molecule has 1 amide bonds. The molecule has 3 atom stereocenters. The minimum Gasteiger partial charge on any atom is -0.365 e. The zero-order valence-corrected chi connectivity index (χ0v) is 14.4. The number of benzene rings is 1. The van der Waals surface area contributed by atoms with Crippen LogP contribution in [0.2, 0.25) is 0 Å². The Morgan fingerprint density at radius 1 is 1.17 bits per heavy atom. The molecule has 0 radical (unpaired) electrons. The lowest BCUT2D eigenvalue weighted by Crippen LogP contribution is -2.45. The smallest absolute Gasteiger partial charge is 0.222 e. The predicted molar refractivity (Wildman–Crippen MR) is 92.3 cm³/mol. The summed E-state index contributed by atoms with van der Waals surface area (Å²) < 4.78 is 6.22. The fraction of sp³-hybridized carbons (Fsp3) is 0.667. The summed E-state index contributed by atoms with van der Waals surface area (Å²) in [4.78, 5) is 14.9. The number of carbonyl (C=O) groups is 1. The second-order valence-electron chi connectivity index (χ2n) is 8.46. The fourth-order valence-electron chi connectivity index (χ4n) is 5.90. The summed E-state index contributed by atoms with van der Waals surface area (Å²) in [6.07, 6.45) is 8.19. The molecule has 1 unspecified atom stereocenters. The first-order valence-corrected chi connectivity index (χ1v) is 9.74. The maximum absolute atomic E-state index is 12.8. The van der Waals surface area contributed by atoms with Gasteiger partial charge in [-0.3, -0.25) is 4.79 Å². The standard InChI is InChI=1S/C21H27NO2/c23-20(13-18-12-15-5-6-16(18)11-15)22-9-7-21(8-10-22)19-4-2-1-3-17(19)14-24-21/h1-4,15-16,18H,5-14H2/t15-,16+,18?/m1/s1. The normalized spacial score (nSPS) is 33.2. The number of fused-ring (bicyclic) bond motifs is 4. The molecule has 0 N–H and O–H groups in total. The minimum absolute atomic E-state index is 0.125. The average molecular weight is 325 g/mol. The molecule has 2 bridgehead atoms. The molecule has 3 nitrogen and oxygen atoms in total. The Hall–Kier alpha value is -1.35. The Kier molecular flexibility index (Phi) is 3.48. The molecule has 1 aromatic carbocycles. The Morgan fingerprint density at radius 2 is 2.00 bits per heavy atom. The van der Waals surface area contributed by atoms with Crippen molar-refractivity contribution in [1.82, 2.24) is 4.90 Å². The van der Waals surface area contributed by atoms with E-state index in [1.165, 1.54) is 36.8 Å². The highest BCUT2D eigenvalue weighted by Crippen LogP contribution is 2.50. The van der Waals surface area contributed by atoms with E-state index in [0.29, 0.717) is 11.8 Å². The largest absolute Gasteiger partial charge is 0.365 e. The number of rotatable bonds is 2. The molecule has 3 fully saturated rings. The van der Waals surface area contributed by atoms with Crippen molar-refractivity contribution in [3.63, 3.8) is 0 Å². The van der Waals surface area contributed by atoms with Gasteiger partial charge < -0.3 is 9.64 Å². The quantitative estimate of drug-likeness (QED) is 0.826. The molecule has 1 saturated heterocycles. The zero-order valence-electron chi connectivity index (χ0n) is 14.4. The third-order valence-electron chi connectivity index (χ3n) is 7.26. The summed E-state index contributed by atoms with van der Waals surface area (Å²) in [7, 11) is 0. The van der Waals surface area contributed by atoms with E-state index in [-0.39, 0.29) is 5.60 Å². The van der Waals surface area contributed by atoms with E-state index in [2.05, 4.69) is 29.2 Å². The zero-order chi connectivity index (χ0) is 16.1. The van der Waals surface area contributed by atoms with E-state index in [4.69, 9.17) is 4.74 Å². The summed E-state index contributed by atoms with van der Waals surface area (Å²) >= 11 is 0. The van der Waals surface area contributed by atoms with Crippen LogP contribution in [0.15, 0.2) is 24.3 Å². The van der Waals surface area contributed by atoms with Crippen molar-refractivity contribution in [3.05, 3.63) is 35.4 Å². The van der Waals surface area contributed by atoms with Crippen LogP contribution in [0.4, 0.5) is 0 Å². The second-order valence-corrected chi connectivity index (χ2v) is 8.46. The van der Waals surface area contributed by atoms with E-state index >= 15 is 0 Å². The van der Waals surface area contributed by atoms with Gasteiger partial charge in [0.05, 0.1) is 12.2 Å². The first-order valence-electron chi connectivity index (χ1n) is 9.74. The molecule has 2 heterocycles. The lowest BCUT2D eigenvalue weighted by molar-refractivity contribution is -0.139. The molecular weight excluding hydrogens is 298 g/mol. The van der Waals surface area contributed by atoms with E-state index in [1.807, 2.05) is 0 Å². The molecule has 24 heavy (non-hydrogen) atoms. The molecular formula is C21H27NO2. The molecule has 128 valence electrons. The van der Waals surface area contributed by atoms with Gasteiger partial charge >= 0.3 is 0 Å². The molecule has 2 aliphatic heterocycles. The Morgan fingerprint density at radius 3 is 2.75 bits per heavy atom. The highest BCUT2D eigenvalue weighted by atomic mass is 16.5. The number of likely N-dealkylation sites (tertiary alicyclic amines) is 1. The number of hydrogen-bond acceptors (Lipinski definition) is 2. The number of carbonyl (C=O) groups excluding carboxylic acids is 1. The highest BCUT2D eigenvalue weighted by Gasteiger charge is 2.44. The number of amides is 1. The predicted octanol–water partition coefficient (Wildman–Crippen LogP) is 3.86.